The Morgan fingerprint density at radius 3 is 2.11 bits per heavy atom. The Labute approximate surface area is 111 Å². The number of piperidine rings is 1. The van der Waals surface area contributed by atoms with E-state index in [9.17, 15) is 18.0 Å². The van der Waals surface area contributed by atoms with Crippen molar-refractivity contribution in [2.75, 3.05) is 13.1 Å². The number of halogens is 3. The number of amides is 1. The van der Waals surface area contributed by atoms with Crippen LogP contribution in [-0.4, -0.2) is 31.2 Å². The molecule has 1 saturated carbocycles. The molecule has 2 aliphatic rings. The first-order valence-corrected chi connectivity index (χ1v) is 7.04. The number of hydrogen-bond donors (Lipinski definition) is 2. The summed E-state index contributed by atoms with van der Waals surface area (Å²) in [5.74, 6) is -1.49. The Hall–Kier alpha value is -0.780. The number of carbonyl (C=O) groups is 1. The summed E-state index contributed by atoms with van der Waals surface area (Å²) in [6.07, 6.45) is -1.38. The van der Waals surface area contributed by atoms with Crippen LogP contribution in [-0.2, 0) is 4.79 Å². The molecule has 110 valence electrons. The number of alkyl halides is 3. The van der Waals surface area contributed by atoms with Gasteiger partial charge in [-0.05, 0) is 51.6 Å². The molecule has 0 radical (unpaired) electrons. The van der Waals surface area contributed by atoms with Gasteiger partial charge in [-0.3, -0.25) is 4.79 Å². The van der Waals surface area contributed by atoms with Crippen LogP contribution in [0.25, 0.3) is 0 Å². The lowest BCUT2D eigenvalue weighted by Crippen LogP contribution is -2.45. The van der Waals surface area contributed by atoms with Gasteiger partial charge in [-0.25, -0.2) is 0 Å². The smallest absolute Gasteiger partial charge is 0.353 e. The van der Waals surface area contributed by atoms with Crippen molar-refractivity contribution in [1.82, 2.24) is 10.6 Å². The van der Waals surface area contributed by atoms with Crippen molar-refractivity contribution in [1.29, 1.82) is 0 Å². The van der Waals surface area contributed by atoms with Crippen LogP contribution >= 0.6 is 0 Å². The molecule has 2 rings (SSSR count). The molecule has 0 aromatic rings. The van der Waals surface area contributed by atoms with Gasteiger partial charge in [-0.1, -0.05) is 0 Å². The van der Waals surface area contributed by atoms with E-state index < -0.39 is 12.1 Å². The fourth-order valence-corrected chi connectivity index (χ4v) is 2.97. The highest BCUT2D eigenvalue weighted by Crippen LogP contribution is 2.39. The first kappa shape index (κ1) is 14.6. The Morgan fingerprint density at radius 1 is 1.00 bits per heavy atom. The van der Waals surface area contributed by atoms with Crippen LogP contribution in [0, 0.1) is 11.8 Å². The van der Waals surface area contributed by atoms with Crippen LogP contribution in [0.15, 0.2) is 0 Å². The molecule has 1 amide bonds. The quantitative estimate of drug-likeness (QED) is 0.813. The summed E-state index contributed by atoms with van der Waals surface area (Å²) in [6.45, 7) is 1.79. The molecule has 0 aromatic heterocycles. The van der Waals surface area contributed by atoms with Crippen LogP contribution in [0.1, 0.15) is 38.5 Å². The van der Waals surface area contributed by atoms with Crippen LogP contribution in [0.5, 0.6) is 0 Å². The second-order valence-electron chi connectivity index (χ2n) is 5.62. The third-order valence-electron chi connectivity index (χ3n) is 4.25. The van der Waals surface area contributed by atoms with E-state index in [1.54, 1.807) is 0 Å². The molecule has 0 bridgehead atoms. The Balaban J connectivity index is 1.76. The molecule has 1 aliphatic heterocycles. The van der Waals surface area contributed by atoms with Gasteiger partial charge in [-0.15, -0.1) is 0 Å². The predicted octanol–water partition coefficient (Wildman–Crippen LogP) is 2.22. The topological polar surface area (TPSA) is 41.1 Å². The average molecular weight is 278 g/mol. The highest BCUT2D eigenvalue weighted by Gasteiger charge is 2.42. The molecule has 0 unspecified atom stereocenters. The highest BCUT2D eigenvalue weighted by molar-refractivity contribution is 5.79. The molecular formula is C13H21F3N2O. The molecule has 19 heavy (non-hydrogen) atoms. The van der Waals surface area contributed by atoms with Crippen LogP contribution in [0.3, 0.4) is 0 Å². The zero-order chi connectivity index (χ0) is 13.9. The lowest BCUT2D eigenvalue weighted by molar-refractivity contribution is -0.184. The number of rotatable bonds is 2. The molecule has 2 N–H and O–H groups in total. The summed E-state index contributed by atoms with van der Waals surface area (Å²) in [7, 11) is 0. The number of nitrogens with one attached hydrogen (secondary N) is 2. The van der Waals surface area contributed by atoms with E-state index in [0.29, 0.717) is 12.8 Å². The molecule has 0 atom stereocenters. The maximum Gasteiger partial charge on any atom is 0.391 e. The van der Waals surface area contributed by atoms with Gasteiger partial charge in [0.15, 0.2) is 0 Å². The van der Waals surface area contributed by atoms with Crippen molar-refractivity contribution < 1.29 is 18.0 Å². The van der Waals surface area contributed by atoms with Gasteiger partial charge < -0.3 is 10.6 Å². The van der Waals surface area contributed by atoms with Crippen LogP contribution in [0.4, 0.5) is 13.2 Å². The van der Waals surface area contributed by atoms with Crippen molar-refractivity contribution in [2.45, 2.75) is 50.7 Å². The zero-order valence-electron chi connectivity index (χ0n) is 10.9. The summed E-state index contributed by atoms with van der Waals surface area (Å²) in [6, 6.07) is 0.189. The van der Waals surface area contributed by atoms with Gasteiger partial charge >= 0.3 is 6.18 Å². The number of hydrogen-bond acceptors (Lipinski definition) is 2. The molecule has 6 heteroatoms. The maximum absolute atomic E-state index is 12.5. The minimum Gasteiger partial charge on any atom is -0.353 e. The molecule has 1 heterocycles. The summed E-state index contributed by atoms with van der Waals surface area (Å²) in [4.78, 5) is 12.0. The summed E-state index contributed by atoms with van der Waals surface area (Å²) in [5.41, 5.74) is 0. The average Bonchev–Trinajstić information content (AvgIpc) is 2.39. The molecular weight excluding hydrogens is 257 g/mol. The lowest BCUT2D eigenvalue weighted by Gasteiger charge is -2.31. The Morgan fingerprint density at radius 2 is 1.58 bits per heavy atom. The second kappa shape index (κ2) is 6.11. The van der Waals surface area contributed by atoms with E-state index >= 15 is 0 Å². The molecule has 2 fully saturated rings. The second-order valence-corrected chi connectivity index (χ2v) is 5.62. The first-order valence-electron chi connectivity index (χ1n) is 7.04. The van der Waals surface area contributed by atoms with E-state index in [0.717, 1.165) is 25.9 Å². The zero-order valence-corrected chi connectivity index (χ0v) is 10.9. The first-order chi connectivity index (χ1) is 8.97. The van der Waals surface area contributed by atoms with Gasteiger partial charge in [0.2, 0.25) is 5.91 Å². The van der Waals surface area contributed by atoms with Crippen molar-refractivity contribution >= 4 is 5.91 Å². The lowest BCUT2D eigenvalue weighted by atomic mass is 9.81. The third kappa shape index (κ3) is 4.09. The van der Waals surface area contributed by atoms with Gasteiger partial charge in [0, 0.05) is 12.0 Å². The fraction of sp³-hybridized carbons (Fsp3) is 0.923. The standard InChI is InChI=1S/C13H21F3N2O/c14-13(15,16)10-3-1-9(2-4-10)12(19)18-11-5-7-17-8-6-11/h9-11,17H,1-8H2,(H,18,19). The fourth-order valence-electron chi connectivity index (χ4n) is 2.97. The van der Waals surface area contributed by atoms with Crippen LogP contribution < -0.4 is 10.6 Å². The maximum atomic E-state index is 12.5. The highest BCUT2D eigenvalue weighted by atomic mass is 19.4. The minimum atomic E-state index is -4.10. The molecule has 3 nitrogen and oxygen atoms in total. The summed E-state index contributed by atoms with van der Waals surface area (Å²) in [5, 5.41) is 6.20. The van der Waals surface area contributed by atoms with Gasteiger partial charge in [0.1, 0.15) is 0 Å². The molecule has 0 aromatic carbocycles. The molecule has 1 saturated heterocycles. The van der Waals surface area contributed by atoms with E-state index in [2.05, 4.69) is 10.6 Å². The van der Waals surface area contributed by atoms with Crippen molar-refractivity contribution in [3.05, 3.63) is 0 Å². The van der Waals surface area contributed by atoms with E-state index in [1.807, 2.05) is 0 Å². The van der Waals surface area contributed by atoms with Gasteiger partial charge in [-0.2, -0.15) is 13.2 Å². The van der Waals surface area contributed by atoms with Gasteiger partial charge in [0.25, 0.3) is 0 Å². The summed E-state index contributed by atoms with van der Waals surface area (Å²) >= 11 is 0. The van der Waals surface area contributed by atoms with E-state index in [1.165, 1.54) is 0 Å². The molecule has 1 aliphatic carbocycles. The third-order valence-corrected chi connectivity index (χ3v) is 4.25. The minimum absolute atomic E-state index is 0.0486. The van der Waals surface area contributed by atoms with E-state index in [4.69, 9.17) is 0 Å². The van der Waals surface area contributed by atoms with E-state index in [-0.39, 0.29) is 30.7 Å². The Bertz CT molecular complexity index is 306. The predicted molar refractivity (Wildman–Crippen MR) is 65.5 cm³/mol. The van der Waals surface area contributed by atoms with Crippen molar-refractivity contribution in [2.24, 2.45) is 11.8 Å². The molecule has 0 spiro atoms. The summed E-state index contributed by atoms with van der Waals surface area (Å²) < 4.78 is 37.6. The van der Waals surface area contributed by atoms with Crippen molar-refractivity contribution in [3.63, 3.8) is 0 Å². The van der Waals surface area contributed by atoms with Crippen LogP contribution in [0.2, 0.25) is 0 Å². The Kier molecular flexibility index (Phi) is 4.71. The van der Waals surface area contributed by atoms with Gasteiger partial charge in [0.05, 0.1) is 5.92 Å². The monoisotopic (exact) mass is 278 g/mol. The SMILES string of the molecule is O=C(NC1CCNCC1)C1CCC(C(F)(F)F)CC1. The largest absolute Gasteiger partial charge is 0.391 e. The van der Waals surface area contributed by atoms with Crippen molar-refractivity contribution in [3.8, 4) is 0 Å². The normalized spacial score (nSPS) is 30.1. The number of carbonyl (C=O) groups excluding carboxylic acids is 1.